The molecule has 16 rings (SSSR count). The van der Waals surface area contributed by atoms with E-state index in [4.69, 9.17) is 0 Å². The number of benzene rings is 11. The van der Waals surface area contributed by atoms with Gasteiger partial charge in [-0.15, -0.1) is 0 Å². The van der Waals surface area contributed by atoms with Gasteiger partial charge < -0.3 is 9.13 Å². The molecule has 0 saturated heterocycles. The quantitative estimate of drug-likeness (QED) is 0.157. The number of nitrogens with zero attached hydrogens (tertiary/aromatic N) is 2. The Labute approximate surface area is 436 Å². The highest BCUT2D eigenvalue weighted by atomic mass is 15.0. The molecular weight excluding hydrogens is 905 g/mol. The zero-order valence-electron chi connectivity index (χ0n) is 41.7. The van der Waals surface area contributed by atoms with Crippen LogP contribution in [0, 0.1) is 0 Å². The fraction of sp³-hybridized carbons (Fsp3) is 0.0959. The molecule has 75 heavy (non-hydrogen) atoms. The third-order valence-corrected chi connectivity index (χ3v) is 17.6. The second-order valence-electron chi connectivity index (χ2n) is 21.5. The molecule has 0 N–H and O–H groups in total. The van der Waals surface area contributed by atoms with E-state index < -0.39 is 0 Å². The highest BCUT2D eigenvalue weighted by molar-refractivity contribution is 6.11. The molecule has 0 bridgehead atoms. The van der Waals surface area contributed by atoms with Crippen LogP contribution in [0.15, 0.2) is 237 Å². The Balaban J connectivity index is 0.687. The van der Waals surface area contributed by atoms with Crippen molar-refractivity contribution in [2.75, 3.05) is 0 Å². The van der Waals surface area contributed by atoms with E-state index in [0.717, 1.165) is 6.42 Å². The molecule has 1 unspecified atom stereocenters. The van der Waals surface area contributed by atoms with Gasteiger partial charge >= 0.3 is 0 Å². The van der Waals surface area contributed by atoms with Gasteiger partial charge in [-0.05, 0) is 163 Å². The fourth-order valence-electron chi connectivity index (χ4n) is 13.9. The Morgan fingerprint density at radius 1 is 0.360 bits per heavy atom. The summed E-state index contributed by atoms with van der Waals surface area (Å²) in [7, 11) is 0. The van der Waals surface area contributed by atoms with Crippen molar-refractivity contribution in [3.8, 4) is 55.9 Å². The van der Waals surface area contributed by atoms with Crippen molar-refractivity contribution in [1.29, 1.82) is 0 Å². The summed E-state index contributed by atoms with van der Waals surface area (Å²) in [4.78, 5) is 0. The molecule has 2 nitrogen and oxygen atoms in total. The minimum Gasteiger partial charge on any atom is -0.310 e. The van der Waals surface area contributed by atoms with Crippen LogP contribution in [0.25, 0.3) is 122 Å². The molecule has 3 aliphatic carbocycles. The second kappa shape index (κ2) is 16.5. The minimum absolute atomic E-state index is 0.0502. The lowest BCUT2D eigenvalue weighted by atomic mass is 9.75. The summed E-state index contributed by atoms with van der Waals surface area (Å²) < 4.78 is 4.88. The Hall–Kier alpha value is -8.98. The Morgan fingerprint density at radius 2 is 0.840 bits per heavy atom. The van der Waals surface area contributed by atoms with E-state index in [1.165, 1.54) is 163 Å². The predicted octanol–water partition coefficient (Wildman–Crippen LogP) is 17.6. The van der Waals surface area contributed by atoms with E-state index >= 15 is 0 Å². The first kappa shape index (κ1) is 42.5. The highest BCUT2D eigenvalue weighted by Crippen LogP contribution is 2.58. The first-order chi connectivity index (χ1) is 37.1. The van der Waals surface area contributed by atoms with Gasteiger partial charge in [-0.2, -0.15) is 0 Å². The van der Waals surface area contributed by atoms with Crippen LogP contribution in [0.1, 0.15) is 54.7 Å². The van der Waals surface area contributed by atoms with E-state index in [0.29, 0.717) is 5.92 Å². The highest BCUT2D eigenvalue weighted by Gasteiger charge is 2.45. The van der Waals surface area contributed by atoms with Crippen molar-refractivity contribution in [1.82, 2.24) is 9.13 Å². The van der Waals surface area contributed by atoms with Crippen molar-refractivity contribution in [3.05, 3.63) is 264 Å². The van der Waals surface area contributed by atoms with Gasteiger partial charge in [0.15, 0.2) is 0 Å². The molecule has 354 valence electrons. The normalized spacial score (nSPS) is 15.4. The molecule has 1 fully saturated rings. The summed E-state index contributed by atoms with van der Waals surface area (Å²) in [5, 5.41) is 11.5. The molecule has 11 aromatic carbocycles. The molecule has 0 amide bonds. The van der Waals surface area contributed by atoms with Gasteiger partial charge in [0, 0.05) is 49.4 Å². The summed E-state index contributed by atoms with van der Waals surface area (Å²) >= 11 is 0. The van der Waals surface area contributed by atoms with Gasteiger partial charge in [0.2, 0.25) is 0 Å². The van der Waals surface area contributed by atoms with Gasteiger partial charge in [-0.3, -0.25) is 0 Å². The van der Waals surface area contributed by atoms with Crippen LogP contribution in [0.3, 0.4) is 0 Å². The number of rotatable bonds is 6. The van der Waals surface area contributed by atoms with Gasteiger partial charge in [0.1, 0.15) is 0 Å². The van der Waals surface area contributed by atoms with Gasteiger partial charge in [-0.25, -0.2) is 0 Å². The number of fused-ring (bicyclic) bond motifs is 13. The standard InChI is InChI=1S/C73H52N2/c1-3-13-53-41-59(33-27-47(53)11-1)74-69-17-7-5-15-63(69)65-43-55(31-37-71(65)74)49-19-23-51(24-20-49)57-29-35-61-62-36-30-58(46-68(62)73(67(61)45-57)39-9-10-40-73)52-25-21-50(22-26-52)56-32-38-72-66(44-56)64-16-6-8-18-70(64)75(72)60-34-28-48-12-2-4-14-54(48)42-60/h1-8,11-31,33-38,41-46,56H,9-10,32,39-40H2. The van der Waals surface area contributed by atoms with Gasteiger partial charge in [0.05, 0.1) is 16.6 Å². The molecule has 2 aromatic heterocycles. The van der Waals surface area contributed by atoms with Crippen molar-refractivity contribution in [2.45, 2.75) is 43.4 Å². The molecule has 2 heterocycles. The maximum atomic E-state index is 2.55. The second-order valence-corrected chi connectivity index (χ2v) is 21.5. The third-order valence-electron chi connectivity index (χ3n) is 17.6. The molecule has 2 heteroatoms. The Morgan fingerprint density at radius 3 is 1.47 bits per heavy atom. The number of aromatic nitrogens is 2. The molecule has 1 atom stereocenters. The van der Waals surface area contributed by atoms with Gasteiger partial charge in [-0.1, -0.05) is 201 Å². The van der Waals surface area contributed by atoms with Crippen LogP contribution < -0.4 is 10.6 Å². The maximum Gasteiger partial charge on any atom is 0.0541 e. The van der Waals surface area contributed by atoms with Crippen molar-refractivity contribution in [2.24, 2.45) is 0 Å². The summed E-state index contributed by atoms with van der Waals surface area (Å²) in [6.07, 6.45) is 10.9. The molecule has 13 aromatic rings. The lowest BCUT2D eigenvalue weighted by Gasteiger charge is -2.27. The van der Waals surface area contributed by atoms with E-state index in [1.54, 1.807) is 0 Å². The van der Waals surface area contributed by atoms with Crippen LogP contribution in [0.2, 0.25) is 0 Å². The van der Waals surface area contributed by atoms with E-state index in [1.807, 2.05) is 0 Å². The topological polar surface area (TPSA) is 9.86 Å². The molecule has 1 spiro atoms. The number of hydrogen-bond donors (Lipinski definition) is 0. The first-order valence-corrected chi connectivity index (χ1v) is 27.0. The van der Waals surface area contributed by atoms with Crippen LogP contribution in [-0.4, -0.2) is 9.13 Å². The minimum atomic E-state index is 0.0502. The SMILES string of the molecule is C1=c2c(n(-c3ccc4ccccc4c3)c3ccccc23)=CCC1c1ccc(-c2ccc3c(c2)C2(CCCC2)c2cc(-c4ccc(-c5ccc6c(c5)c5ccccc5n6-c5ccc6ccccc6c5)cc4)ccc2-3)cc1. The van der Waals surface area contributed by atoms with Crippen molar-refractivity contribution < 1.29 is 0 Å². The number of para-hydroxylation sites is 2. The third kappa shape index (κ3) is 6.59. The molecule has 0 aliphatic heterocycles. The van der Waals surface area contributed by atoms with E-state index in [-0.39, 0.29) is 5.41 Å². The maximum absolute atomic E-state index is 2.55. The molecule has 1 saturated carbocycles. The predicted molar refractivity (Wildman–Crippen MR) is 316 cm³/mol. The summed E-state index contributed by atoms with van der Waals surface area (Å²) in [5.74, 6) is 0.315. The van der Waals surface area contributed by atoms with Crippen LogP contribution in [0.4, 0.5) is 0 Å². The van der Waals surface area contributed by atoms with Crippen LogP contribution in [-0.2, 0) is 5.41 Å². The molecular formula is C73H52N2. The average molecular weight is 957 g/mol. The smallest absolute Gasteiger partial charge is 0.0541 e. The van der Waals surface area contributed by atoms with Gasteiger partial charge in [0.25, 0.3) is 0 Å². The monoisotopic (exact) mass is 956 g/mol. The summed E-state index contributed by atoms with van der Waals surface area (Å²) in [6.45, 7) is 0. The van der Waals surface area contributed by atoms with Crippen molar-refractivity contribution >= 4 is 66.4 Å². The Bertz CT molecular complexity index is 4610. The Kier molecular flexibility index (Phi) is 9.36. The number of hydrogen-bond acceptors (Lipinski definition) is 0. The van der Waals surface area contributed by atoms with E-state index in [2.05, 4.69) is 258 Å². The zero-order chi connectivity index (χ0) is 49.2. The largest absolute Gasteiger partial charge is 0.310 e. The lowest BCUT2D eigenvalue weighted by Crippen LogP contribution is -2.31. The summed E-state index contributed by atoms with van der Waals surface area (Å²) in [5.41, 5.74) is 21.0. The molecule has 0 radical (unpaired) electrons. The first-order valence-electron chi connectivity index (χ1n) is 27.0. The fourth-order valence-corrected chi connectivity index (χ4v) is 13.9. The lowest BCUT2D eigenvalue weighted by molar-refractivity contribution is 0.550. The summed E-state index contributed by atoms with van der Waals surface area (Å²) in [6, 6.07) is 89.1. The van der Waals surface area contributed by atoms with Crippen molar-refractivity contribution in [3.63, 3.8) is 0 Å². The average Bonchev–Trinajstić information content (AvgIpc) is 4.31. The van der Waals surface area contributed by atoms with Crippen LogP contribution >= 0.6 is 0 Å². The molecule has 3 aliphatic rings. The van der Waals surface area contributed by atoms with E-state index in [9.17, 15) is 0 Å². The zero-order valence-corrected chi connectivity index (χ0v) is 41.7. The van der Waals surface area contributed by atoms with Crippen LogP contribution in [0.5, 0.6) is 0 Å².